The van der Waals surface area contributed by atoms with Crippen molar-refractivity contribution in [2.75, 3.05) is 13.7 Å². The van der Waals surface area contributed by atoms with E-state index < -0.39 is 10.7 Å². The molecule has 1 fully saturated rings. The third-order valence-corrected chi connectivity index (χ3v) is 4.06. The molecule has 0 saturated heterocycles. The maximum Gasteiger partial charge on any atom is 0.312 e. The van der Waals surface area contributed by atoms with Gasteiger partial charge in [0.1, 0.15) is 18.0 Å². The molecule has 0 amide bonds. The lowest BCUT2D eigenvalue weighted by molar-refractivity contribution is -0.386. The van der Waals surface area contributed by atoms with Gasteiger partial charge < -0.3 is 14.8 Å². The number of halogens is 2. The molecular formula is C13H16BrFN2O4. The molecule has 0 spiro atoms. The Balaban J connectivity index is 2.19. The summed E-state index contributed by atoms with van der Waals surface area (Å²) in [7, 11) is 1.81. The van der Waals surface area contributed by atoms with E-state index in [0.717, 1.165) is 12.1 Å². The first-order valence-corrected chi connectivity index (χ1v) is 7.36. The number of nitrogens with one attached hydrogen (secondary N) is 1. The Hall–Kier alpha value is -1.25. The van der Waals surface area contributed by atoms with Crippen molar-refractivity contribution in [1.29, 1.82) is 0 Å². The fraction of sp³-hybridized carbons (Fsp3) is 0.538. The van der Waals surface area contributed by atoms with Crippen LogP contribution in [0.15, 0.2) is 16.6 Å². The molecule has 3 unspecified atom stereocenters. The number of ether oxygens (including phenoxy) is 2. The SMILES string of the molecule is CCOC1C(NC)CC1Oc1cc(F)c(Br)cc1[N+](=O)[O-]. The van der Waals surface area contributed by atoms with Crippen molar-refractivity contribution in [1.82, 2.24) is 5.32 Å². The van der Waals surface area contributed by atoms with Gasteiger partial charge in [0, 0.05) is 31.2 Å². The number of likely N-dealkylation sites (N-methyl/N-ethyl adjacent to an activating group) is 1. The zero-order chi connectivity index (χ0) is 15.6. The van der Waals surface area contributed by atoms with Crippen LogP contribution in [0.5, 0.6) is 5.75 Å². The van der Waals surface area contributed by atoms with Crippen LogP contribution in [0, 0.1) is 15.9 Å². The minimum absolute atomic E-state index is 0.0321. The van der Waals surface area contributed by atoms with Gasteiger partial charge in [-0.3, -0.25) is 10.1 Å². The number of benzene rings is 1. The molecule has 6 nitrogen and oxygen atoms in total. The maximum absolute atomic E-state index is 13.6. The van der Waals surface area contributed by atoms with Crippen molar-refractivity contribution in [3.05, 3.63) is 32.5 Å². The van der Waals surface area contributed by atoms with Crippen LogP contribution in [0.3, 0.4) is 0 Å². The first-order valence-electron chi connectivity index (χ1n) is 6.56. The summed E-state index contributed by atoms with van der Waals surface area (Å²) >= 11 is 2.93. The highest BCUT2D eigenvalue weighted by molar-refractivity contribution is 9.10. The molecule has 3 atom stereocenters. The Labute approximate surface area is 129 Å². The zero-order valence-electron chi connectivity index (χ0n) is 11.6. The Morgan fingerprint density at radius 1 is 1.57 bits per heavy atom. The standard InChI is InChI=1S/C13H16BrFN2O4/c1-3-20-13-9(16-2)6-12(13)21-11-5-8(15)7(14)4-10(11)17(18)19/h4-5,9,12-13,16H,3,6H2,1-2H3. The predicted molar refractivity (Wildman–Crippen MR) is 78.0 cm³/mol. The van der Waals surface area contributed by atoms with Crippen LogP contribution in [0.1, 0.15) is 13.3 Å². The molecule has 2 rings (SSSR count). The average molecular weight is 363 g/mol. The summed E-state index contributed by atoms with van der Waals surface area (Å²) in [6, 6.07) is 2.27. The molecule has 21 heavy (non-hydrogen) atoms. The molecule has 1 aliphatic rings. The van der Waals surface area contributed by atoms with Gasteiger partial charge in [-0.1, -0.05) is 0 Å². The Bertz CT molecular complexity index is 543. The van der Waals surface area contributed by atoms with E-state index in [9.17, 15) is 14.5 Å². The highest BCUT2D eigenvalue weighted by Crippen LogP contribution is 2.36. The van der Waals surface area contributed by atoms with Crippen molar-refractivity contribution >= 4 is 21.6 Å². The molecule has 1 aromatic rings. The van der Waals surface area contributed by atoms with Gasteiger partial charge in [-0.05, 0) is 29.9 Å². The van der Waals surface area contributed by atoms with Crippen LogP contribution in [0.2, 0.25) is 0 Å². The number of hydrogen-bond acceptors (Lipinski definition) is 5. The predicted octanol–water partition coefficient (Wildman–Crippen LogP) is 2.64. The van der Waals surface area contributed by atoms with Crippen LogP contribution < -0.4 is 10.1 Å². The Morgan fingerprint density at radius 3 is 2.86 bits per heavy atom. The van der Waals surface area contributed by atoms with Crippen LogP contribution in [-0.2, 0) is 4.74 Å². The molecule has 0 bridgehead atoms. The van der Waals surface area contributed by atoms with Crippen LogP contribution >= 0.6 is 15.9 Å². The molecular weight excluding hydrogens is 347 g/mol. The van der Waals surface area contributed by atoms with E-state index in [-0.39, 0.29) is 34.2 Å². The third-order valence-electron chi connectivity index (χ3n) is 3.46. The van der Waals surface area contributed by atoms with Crippen LogP contribution in [-0.4, -0.2) is 36.8 Å². The molecule has 1 N–H and O–H groups in total. The van der Waals surface area contributed by atoms with Crippen molar-refractivity contribution < 1.29 is 18.8 Å². The summed E-state index contributed by atoms with van der Waals surface area (Å²) in [5, 5.41) is 14.1. The normalized spacial score (nSPS) is 24.5. The van der Waals surface area contributed by atoms with Crippen LogP contribution in [0.25, 0.3) is 0 Å². The summed E-state index contributed by atoms with van der Waals surface area (Å²) in [5.41, 5.74) is -0.272. The molecule has 0 radical (unpaired) electrons. The molecule has 1 saturated carbocycles. The van der Waals surface area contributed by atoms with E-state index in [4.69, 9.17) is 9.47 Å². The topological polar surface area (TPSA) is 73.6 Å². The van der Waals surface area contributed by atoms with E-state index in [1.54, 1.807) is 0 Å². The lowest BCUT2D eigenvalue weighted by Crippen LogP contribution is -2.60. The van der Waals surface area contributed by atoms with Gasteiger partial charge in [0.15, 0.2) is 5.75 Å². The second kappa shape index (κ2) is 6.67. The monoisotopic (exact) mass is 362 g/mol. The number of nitro benzene ring substituents is 1. The molecule has 116 valence electrons. The summed E-state index contributed by atoms with van der Waals surface area (Å²) in [6.07, 6.45) is 0.115. The van der Waals surface area contributed by atoms with Gasteiger partial charge in [-0.25, -0.2) is 4.39 Å². The molecule has 8 heteroatoms. The van der Waals surface area contributed by atoms with Crippen molar-refractivity contribution in [2.45, 2.75) is 31.6 Å². The zero-order valence-corrected chi connectivity index (χ0v) is 13.2. The lowest BCUT2D eigenvalue weighted by atomic mass is 9.85. The van der Waals surface area contributed by atoms with Crippen molar-refractivity contribution in [3.8, 4) is 5.75 Å². The smallest absolute Gasteiger partial charge is 0.312 e. The average Bonchev–Trinajstić information content (AvgIpc) is 2.43. The van der Waals surface area contributed by atoms with E-state index in [1.807, 2.05) is 14.0 Å². The summed E-state index contributed by atoms with van der Waals surface area (Å²) in [6.45, 7) is 2.38. The molecule has 1 aromatic carbocycles. The first-order chi connectivity index (χ1) is 9.97. The third kappa shape index (κ3) is 3.33. The number of rotatable bonds is 6. The summed E-state index contributed by atoms with van der Waals surface area (Å²) in [5.74, 6) is -0.682. The van der Waals surface area contributed by atoms with Gasteiger partial charge in [0.25, 0.3) is 0 Å². The van der Waals surface area contributed by atoms with Gasteiger partial charge in [0.05, 0.1) is 9.40 Å². The summed E-state index contributed by atoms with van der Waals surface area (Å²) in [4.78, 5) is 10.4. The van der Waals surface area contributed by atoms with Gasteiger partial charge in [-0.15, -0.1) is 0 Å². The van der Waals surface area contributed by atoms with Gasteiger partial charge in [-0.2, -0.15) is 0 Å². The molecule has 0 heterocycles. The maximum atomic E-state index is 13.6. The number of nitro groups is 1. The molecule has 1 aliphatic carbocycles. The lowest BCUT2D eigenvalue weighted by Gasteiger charge is -2.43. The fourth-order valence-electron chi connectivity index (χ4n) is 2.31. The Morgan fingerprint density at radius 2 is 2.29 bits per heavy atom. The molecule has 0 aliphatic heterocycles. The van der Waals surface area contributed by atoms with E-state index in [1.165, 1.54) is 0 Å². The quantitative estimate of drug-likeness (QED) is 0.621. The summed E-state index contributed by atoms with van der Waals surface area (Å²) < 4.78 is 24.8. The van der Waals surface area contributed by atoms with Crippen LogP contribution in [0.4, 0.5) is 10.1 Å². The second-order valence-corrected chi connectivity index (χ2v) is 5.55. The van der Waals surface area contributed by atoms with Gasteiger partial charge >= 0.3 is 5.69 Å². The minimum Gasteiger partial charge on any atom is -0.481 e. The number of nitrogens with zero attached hydrogens (tertiary/aromatic N) is 1. The van der Waals surface area contributed by atoms with E-state index in [2.05, 4.69) is 21.2 Å². The fourth-order valence-corrected chi connectivity index (χ4v) is 2.64. The number of hydrogen-bond donors (Lipinski definition) is 1. The highest BCUT2D eigenvalue weighted by atomic mass is 79.9. The Kier molecular flexibility index (Phi) is 5.13. The van der Waals surface area contributed by atoms with Crippen molar-refractivity contribution in [3.63, 3.8) is 0 Å². The minimum atomic E-state index is -0.604. The second-order valence-electron chi connectivity index (χ2n) is 4.70. The molecule has 0 aromatic heterocycles. The highest BCUT2D eigenvalue weighted by Gasteiger charge is 2.43. The first kappa shape index (κ1) is 16.1. The largest absolute Gasteiger partial charge is 0.481 e. The van der Waals surface area contributed by atoms with E-state index >= 15 is 0 Å². The van der Waals surface area contributed by atoms with Crippen molar-refractivity contribution in [2.24, 2.45) is 0 Å². The van der Waals surface area contributed by atoms with E-state index in [0.29, 0.717) is 13.0 Å². The van der Waals surface area contributed by atoms with Gasteiger partial charge in [0.2, 0.25) is 0 Å².